The van der Waals surface area contributed by atoms with Gasteiger partial charge in [0.05, 0.1) is 37.2 Å². The van der Waals surface area contributed by atoms with Crippen molar-refractivity contribution in [1.29, 1.82) is 0 Å². The fraction of sp³-hybridized carbons (Fsp3) is 0.679. The lowest BCUT2D eigenvalue weighted by Crippen LogP contribution is -2.57. The molecule has 9 heteroatoms. The number of benzene rings is 1. The molecule has 37 heavy (non-hydrogen) atoms. The molecule has 0 aromatic heterocycles. The summed E-state index contributed by atoms with van der Waals surface area (Å²) in [5.74, 6) is -2.72. The first-order valence-electron chi connectivity index (χ1n) is 13.7. The minimum absolute atomic E-state index is 0.0499. The quantitative estimate of drug-likeness (QED) is 0.436. The molecule has 3 fully saturated rings. The number of carbonyl (C=O) groups excluding carboxylic acids is 3. The van der Waals surface area contributed by atoms with Crippen molar-refractivity contribution < 1.29 is 29.0 Å². The van der Waals surface area contributed by atoms with Crippen molar-refractivity contribution in [1.82, 2.24) is 4.90 Å². The zero-order valence-electron chi connectivity index (χ0n) is 22.6. The van der Waals surface area contributed by atoms with E-state index in [1.54, 1.807) is 6.92 Å². The number of nitrogens with one attached hydrogen (secondary N) is 1. The molecule has 0 saturated carbocycles. The summed E-state index contributed by atoms with van der Waals surface area (Å²) < 4.78 is 11.7. The first kappa shape index (κ1) is 27.4. The van der Waals surface area contributed by atoms with Crippen molar-refractivity contribution >= 4 is 29.2 Å². The Kier molecular flexibility index (Phi) is 8.14. The number of hydrogen-bond acceptors (Lipinski definition) is 7. The van der Waals surface area contributed by atoms with Crippen molar-refractivity contribution in [2.75, 3.05) is 36.5 Å². The molecule has 4 rings (SSSR count). The zero-order chi connectivity index (χ0) is 26.9. The zero-order valence-corrected chi connectivity index (χ0v) is 22.6. The van der Waals surface area contributed by atoms with Gasteiger partial charge in [-0.15, -0.1) is 0 Å². The molecule has 1 aromatic carbocycles. The Labute approximate surface area is 219 Å². The number of carbonyl (C=O) groups is 3. The number of amides is 2. The molecule has 3 aliphatic rings. The SMILES string of the molecule is CCOC(=O)[C@@H]1[C@@H]2CCC3(O2)C(C(=O)Nc2ccc(N(CC)CC)cc2)N([C@@H](CO)[C@@H](C)CC)C(=O)[C@H]13. The molecule has 2 amide bonds. The van der Waals surface area contributed by atoms with Gasteiger partial charge in [0.2, 0.25) is 11.8 Å². The number of rotatable bonds is 11. The molecule has 2 N–H and O–H groups in total. The highest BCUT2D eigenvalue weighted by molar-refractivity contribution is 6.03. The number of esters is 1. The molecule has 3 aliphatic heterocycles. The number of aliphatic hydroxyl groups is 1. The van der Waals surface area contributed by atoms with E-state index in [1.807, 2.05) is 38.1 Å². The number of aliphatic hydroxyl groups excluding tert-OH is 1. The highest BCUT2D eigenvalue weighted by Crippen LogP contribution is 2.59. The standard InChI is InChI=1S/C28H41N3O6/c1-6-17(5)20(16-32)31-24(25(33)29-18-10-12-19(13-11-18)30(7-2)8-3)28-15-14-21(37-28)22(23(28)26(31)34)27(35)36-9-4/h10-13,17,20-24,32H,6-9,14-16H2,1-5H3,(H,29,33)/t17-,20-,21-,22+,23-,24?,28?/m0/s1. The first-order valence-corrected chi connectivity index (χ1v) is 13.7. The Morgan fingerprint density at radius 1 is 1.22 bits per heavy atom. The van der Waals surface area contributed by atoms with Crippen LogP contribution >= 0.6 is 0 Å². The fourth-order valence-electron chi connectivity index (χ4n) is 6.62. The molecule has 3 heterocycles. The lowest BCUT2D eigenvalue weighted by Gasteiger charge is -2.38. The summed E-state index contributed by atoms with van der Waals surface area (Å²) in [5.41, 5.74) is 0.559. The molecular formula is C28H41N3O6. The molecule has 0 radical (unpaired) electrons. The molecular weight excluding hydrogens is 474 g/mol. The minimum atomic E-state index is -1.12. The predicted octanol–water partition coefficient (Wildman–Crippen LogP) is 2.82. The summed E-state index contributed by atoms with van der Waals surface area (Å²) in [6.45, 7) is 11.6. The maximum absolute atomic E-state index is 14.0. The Balaban J connectivity index is 1.69. The van der Waals surface area contributed by atoms with Crippen LogP contribution in [0.5, 0.6) is 0 Å². The smallest absolute Gasteiger partial charge is 0.312 e. The van der Waals surface area contributed by atoms with Crippen LogP contribution in [-0.4, -0.2) is 77.9 Å². The van der Waals surface area contributed by atoms with Gasteiger partial charge in [0.1, 0.15) is 11.6 Å². The average Bonchev–Trinajstić information content (AvgIpc) is 3.54. The van der Waals surface area contributed by atoms with E-state index in [2.05, 4.69) is 24.1 Å². The normalized spacial score (nSPS) is 29.7. The van der Waals surface area contributed by atoms with Crippen LogP contribution in [0.4, 0.5) is 11.4 Å². The maximum atomic E-state index is 14.0. The third-order valence-electron chi connectivity index (χ3n) is 8.65. The molecule has 1 aromatic rings. The average molecular weight is 516 g/mol. The van der Waals surface area contributed by atoms with E-state index in [0.29, 0.717) is 18.5 Å². The summed E-state index contributed by atoms with van der Waals surface area (Å²) in [4.78, 5) is 44.6. The monoisotopic (exact) mass is 515 g/mol. The Hall–Kier alpha value is -2.65. The molecule has 9 nitrogen and oxygen atoms in total. The van der Waals surface area contributed by atoms with E-state index in [-0.39, 0.29) is 30.9 Å². The van der Waals surface area contributed by atoms with Crippen molar-refractivity contribution in [2.45, 2.75) is 77.7 Å². The lowest BCUT2D eigenvalue weighted by molar-refractivity contribution is -0.155. The van der Waals surface area contributed by atoms with Crippen LogP contribution in [0.15, 0.2) is 24.3 Å². The van der Waals surface area contributed by atoms with Crippen LogP contribution < -0.4 is 10.2 Å². The van der Waals surface area contributed by atoms with E-state index in [4.69, 9.17) is 9.47 Å². The van der Waals surface area contributed by atoms with Crippen molar-refractivity contribution in [3.63, 3.8) is 0 Å². The van der Waals surface area contributed by atoms with Gasteiger partial charge in [-0.3, -0.25) is 14.4 Å². The Morgan fingerprint density at radius 3 is 2.46 bits per heavy atom. The van der Waals surface area contributed by atoms with Crippen LogP contribution in [0, 0.1) is 17.8 Å². The number of hydrogen-bond donors (Lipinski definition) is 2. The van der Waals surface area contributed by atoms with Crippen LogP contribution in [0.3, 0.4) is 0 Å². The molecule has 3 saturated heterocycles. The molecule has 2 unspecified atom stereocenters. The van der Waals surface area contributed by atoms with E-state index in [9.17, 15) is 19.5 Å². The number of fused-ring (bicyclic) bond motifs is 1. The van der Waals surface area contributed by atoms with E-state index < -0.39 is 41.6 Å². The maximum Gasteiger partial charge on any atom is 0.312 e. The second-order valence-corrected chi connectivity index (χ2v) is 10.4. The molecule has 7 atom stereocenters. The van der Waals surface area contributed by atoms with E-state index in [0.717, 1.165) is 25.2 Å². The van der Waals surface area contributed by atoms with E-state index in [1.165, 1.54) is 4.90 Å². The lowest BCUT2D eigenvalue weighted by atomic mass is 9.70. The molecule has 1 spiro atoms. The van der Waals surface area contributed by atoms with Crippen LogP contribution in [0.2, 0.25) is 0 Å². The van der Waals surface area contributed by atoms with Gasteiger partial charge in [-0.25, -0.2) is 0 Å². The minimum Gasteiger partial charge on any atom is -0.466 e. The van der Waals surface area contributed by atoms with Crippen LogP contribution in [0.25, 0.3) is 0 Å². The third-order valence-corrected chi connectivity index (χ3v) is 8.65. The summed E-state index contributed by atoms with van der Waals surface area (Å²) >= 11 is 0. The van der Waals surface area contributed by atoms with Gasteiger partial charge in [0.15, 0.2) is 0 Å². The molecule has 2 bridgehead atoms. The molecule has 204 valence electrons. The van der Waals surface area contributed by atoms with Gasteiger partial charge in [-0.2, -0.15) is 0 Å². The second-order valence-electron chi connectivity index (χ2n) is 10.4. The summed E-state index contributed by atoms with van der Waals surface area (Å²) in [7, 11) is 0. The third kappa shape index (κ3) is 4.50. The summed E-state index contributed by atoms with van der Waals surface area (Å²) in [6, 6.07) is 6.12. The number of ether oxygens (including phenoxy) is 2. The van der Waals surface area contributed by atoms with Crippen molar-refractivity contribution in [2.24, 2.45) is 17.8 Å². The fourth-order valence-corrected chi connectivity index (χ4v) is 6.62. The number of likely N-dealkylation sites (tertiary alicyclic amines) is 1. The van der Waals surface area contributed by atoms with Crippen molar-refractivity contribution in [3.05, 3.63) is 24.3 Å². The Bertz CT molecular complexity index is 996. The highest BCUT2D eigenvalue weighted by Gasteiger charge is 2.75. The van der Waals surface area contributed by atoms with Gasteiger partial charge in [-0.05, 0) is 63.8 Å². The van der Waals surface area contributed by atoms with Crippen LogP contribution in [-0.2, 0) is 23.9 Å². The van der Waals surface area contributed by atoms with Crippen LogP contribution in [0.1, 0.15) is 53.9 Å². The summed E-state index contributed by atoms with van der Waals surface area (Å²) in [5, 5.41) is 13.4. The van der Waals surface area contributed by atoms with Gasteiger partial charge in [0.25, 0.3) is 0 Å². The van der Waals surface area contributed by atoms with Gasteiger partial charge >= 0.3 is 5.97 Å². The highest BCUT2D eigenvalue weighted by atomic mass is 16.6. The number of nitrogens with zero attached hydrogens (tertiary/aromatic N) is 2. The largest absolute Gasteiger partial charge is 0.466 e. The van der Waals surface area contributed by atoms with Gasteiger partial charge < -0.3 is 29.7 Å². The number of anilines is 2. The predicted molar refractivity (Wildman–Crippen MR) is 140 cm³/mol. The Morgan fingerprint density at radius 2 is 1.89 bits per heavy atom. The summed E-state index contributed by atoms with van der Waals surface area (Å²) in [6.07, 6.45) is 1.35. The second kappa shape index (κ2) is 11.0. The van der Waals surface area contributed by atoms with Crippen molar-refractivity contribution in [3.8, 4) is 0 Å². The molecule has 0 aliphatic carbocycles. The van der Waals surface area contributed by atoms with Gasteiger partial charge in [-0.1, -0.05) is 20.3 Å². The van der Waals surface area contributed by atoms with E-state index >= 15 is 0 Å². The topological polar surface area (TPSA) is 108 Å². The van der Waals surface area contributed by atoms with Gasteiger partial charge in [0, 0.05) is 24.5 Å². The first-order chi connectivity index (χ1) is 17.8.